The molecule has 0 bridgehead atoms. The molecule has 1 saturated heterocycles. The summed E-state index contributed by atoms with van der Waals surface area (Å²) in [6, 6.07) is 8.35. The first kappa shape index (κ1) is 37.5. The Bertz CT molecular complexity index is 1640. The number of rotatable bonds is 9. The number of esters is 1. The molecule has 52 heavy (non-hydrogen) atoms. The fourth-order valence-corrected chi connectivity index (χ4v) is 18.3. The average molecular weight is 735 g/mol. The van der Waals surface area contributed by atoms with E-state index < -0.39 is 9.84 Å². The van der Waals surface area contributed by atoms with Crippen LogP contribution < -0.4 is 10.6 Å². The summed E-state index contributed by atoms with van der Waals surface area (Å²) >= 11 is 0. The van der Waals surface area contributed by atoms with Crippen molar-refractivity contribution in [1.82, 2.24) is 10.6 Å². The largest absolute Gasteiger partial charge is 0.465 e. The summed E-state index contributed by atoms with van der Waals surface area (Å²) in [4.78, 5) is 12.2. The summed E-state index contributed by atoms with van der Waals surface area (Å²) in [6.07, 6.45) is 14.3. The van der Waals surface area contributed by atoms with Crippen molar-refractivity contribution in [2.45, 2.75) is 136 Å². The number of ether oxygens (including phenoxy) is 1. The molecule has 8 rings (SSSR count). The molecule has 2 N–H and O–H groups in total. The molecule has 0 amide bonds. The van der Waals surface area contributed by atoms with Crippen LogP contribution in [0, 0.1) is 69.0 Å². The van der Waals surface area contributed by atoms with Crippen LogP contribution in [0.25, 0.3) is 0 Å². The number of fused-ring (bicyclic) bond motifs is 8. The van der Waals surface area contributed by atoms with Crippen molar-refractivity contribution in [1.29, 1.82) is 0 Å². The lowest BCUT2D eigenvalue weighted by Gasteiger charge is -2.73. The highest BCUT2D eigenvalue weighted by Gasteiger charge is 2.71. The number of carbonyl (C=O) groups is 1. The van der Waals surface area contributed by atoms with Gasteiger partial charge in [0.1, 0.15) is 0 Å². The van der Waals surface area contributed by atoms with Crippen molar-refractivity contribution < 1.29 is 17.9 Å². The van der Waals surface area contributed by atoms with Gasteiger partial charge in [0.05, 0.1) is 23.7 Å². The molecule has 7 aliphatic rings. The molecule has 6 aliphatic carbocycles. The molecule has 6 nitrogen and oxygen atoms in total. The lowest BCUT2D eigenvalue weighted by molar-refractivity contribution is -0.235. The molecule has 7 fully saturated rings. The van der Waals surface area contributed by atoms with E-state index in [1.54, 1.807) is 0 Å². The van der Waals surface area contributed by atoms with E-state index in [0.717, 1.165) is 43.2 Å². The fourth-order valence-electron chi connectivity index (χ4n) is 15.8. The third kappa shape index (κ3) is 5.48. The van der Waals surface area contributed by atoms with E-state index in [1.807, 2.05) is 12.1 Å². The molecule has 6 saturated carbocycles. The normalized spacial score (nSPS) is 46.8. The molecule has 0 radical (unpaired) electrons. The Morgan fingerprint density at radius 3 is 2.29 bits per heavy atom. The molecule has 13 atom stereocenters. The lowest BCUT2D eigenvalue weighted by atomic mass is 9.32. The standard InChI is InChI=1S/C45H70N2O4S/c1-28(2)32-15-20-45(47-24-23-46-26-36-33-25-31(33)27-52(36,49)50)22-21-43(6)35(39(32)45)13-14-38-42(5)18-16-34(29-9-11-30(12-10-29)40(48)51-8)41(3,4)37(42)17-19-44(38,43)7/h9-12,28,31-39,46-47H,13-27H2,1-8H3/t31-,32+,33?,34?,35?,36?,37+,38-,39-,42+,43-,44-,45?/m1/s1. The lowest BCUT2D eigenvalue weighted by Crippen LogP contribution is -2.68. The summed E-state index contributed by atoms with van der Waals surface area (Å²) in [5, 5.41) is 7.69. The first-order valence-electron chi connectivity index (χ1n) is 21.4. The third-order valence-electron chi connectivity index (χ3n) is 18.6. The predicted molar refractivity (Wildman–Crippen MR) is 210 cm³/mol. The second kappa shape index (κ2) is 12.8. The van der Waals surface area contributed by atoms with Crippen molar-refractivity contribution in [3.05, 3.63) is 35.4 Å². The van der Waals surface area contributed by atoms with Gasteiger partial charge in [-0.15, -0.1) is 0 Å². The second-order valence-corrected chi connectivity index (χ2v) is 23.2. The van der Waals surface area contributed by atoms with Gasteiger partial charge < -0.3 is 15.4 Å². The average Bonchev–Trinajstić information content (AvgIpc) is 3.62. The molecule has 7 heteroatoms. The summed E-state index contributed by atoms with van der Waals surface area (Å²) in [5.41, 5.74) is 3.46. The predicted octanol–water partition coefficient (Wildman–Crippen LogP) is 8.66. The van der Waals surface area contributed by atoms with Crippen molar-refractivity contribution in [2.24, 2.45) is 69.0 Å². The SMILES string of the molecule is COC(=O)c1ccc(C2CC[C@]3(C)[C@H]4CCC5[C@H]6[C@H](C(C)C)CCC6(NCCNCC6C7C[C@@H]7CS6(=O)=O)CC[C@@]5(C)[C@]4(C)CC[C@H]3C2(C)C)cc1. The molecule has 1 aliphatic heterocycles. The van der Waals surface area contributed by atoms with Crippen molar-refractivity contribution in [3.8, 4) is 0 Å². The molecule has 1 aromatic rings. The summed E-state index contributed by atoms with van der Waals surface area (Å²) in [6.45, 7) is 20.8. The summed E-state index contributed by atoms with van der Waals surface area (Å²) in [5.74, 6) is 5.93. The number of methoxy groups -OCH3 is 1. The Hall–Kier alpha value is -1.44. The minimum Gasteiger partial charge on any atom is -0.465 e. The maximum atomic E-state index is 12.6. The van der Waals surface area contributed by atoms with Crippen molar-refractivity contribution >= 4 is 15.8 Å². The van der Waals surface area contributed by atoms with E-state index in [9.17, 15) is 13.2 Å². The maximum absolute atomic E-state index is 12.6. The molecule has 290 valence electrons. The van der Waals surface area contributed by atoms with Crippen LogP contribution in [0.2, 0.25) is 0 Å². The van der Waals surface area contributed by atoms with E-state index in [1.165, 1.54) is 76.9 Å². The molecule has 1 aromatic carbocycles. The molecule has 0 aromatic heterocycles. The van der Waals surface area contributed by atoms with Crippen molar-refractivity contribution in [2.75, 3.05) is 32.5 Å². The van der Waals surface area contributed by atoms with Crippen LogP contribution in [0.4, 0.5) is 0 Å². The number of hydrogen-bond acceptors (Lipinski definition) is 6. The van der Waals surface area contributed by atoms with Crippen LogP contribution in [0.3, 0.4) is 0 Å². The number of benzene rings is 1. The van der Waals surface area contributed by atoms with Gasteiger partial charge in [0.15, 0.2) is 9.84 Å². The van der Waals surface area contributed by atoms with E-state index >= 15 is 0 Å². The van der Waals surface area contributed by atoms with Crippen LogP contribution in [-0.2, 0) is 14.6 Å². The van der Waals surface area contributed by atoms with Crippen molar-refractivity contribution in [3.63, 3.8) is 0 Å². The zero-order chi connectivity index (χ0) is 37.1. The van der Waals surface area contributed by atoms with E-state index in [4.69, 9.17) is 4.74 Å². The van der Waals surface area contributed by atoms with E-state index in [0.29, 0.717) is 63.7 Å². The zero-order valence-corrected chi connectivity index (χ0v) is 34.5. The number of nitrogens with one attached hydrogen (secondary N) is 2. The summed E-state index contributed by atoms with van der Waals surface area (Å²) < 4.78 is 30.2. The highest BCUT2D eigenvalue weighted by Crippen LogP contribution is 2.77. The number of hydrogen-bond donors (Lipinski definition) is 2. The third-order valence-corrected chi connectivity index (χ3v) is 20.9. The smallest absolute Gasteiger partial charge is 0.337 e. The van der Waals surface area contributed by atoms with Crippen LogP contribution in [0.1, 0.15) is 141 Å². The van der Waals surface area contributed by atoms with Gasteiger partial charge in [0.25, 0.3) is 0 Å². The van der Waals surface area contributed by atoms with Gasteiger partial charge in [0.2, 0.25) is 0 Å². The van der Waals surface area contributed by atoms with Crippen LogP contribution >= 0.6 is 0 Å². The Morgan fingerprint density at radius 2 is 1.62 bits per heavy atom. The Labute approximate surface area is 316 Å². The molecule has 5 unspecified atom stereocenters. The second-order valence-electron chi connectivity index (χ2n) is 21.0. The van der Waals surface area contributed by atoms with Gasteiger partial charge >= 0.3 is 5.97 Å². The van der Waals surface area contributed by atoms with Crippen LogP contribution in [0.5, 0.6) is 0 Å². The monoisotopic (exact) mass is 735 g/mol. The molecular formula is C45H70N2O4S. The quantitative estimate of drug-likeness (QED) is 0.195. The topological polar surface area (TPSA) is 84.5 Å². The minimum atomic E-state index is -2.90. The van der Waals surface area contributed by atoms with Gasteiger partial charge in [-0.25, -0.2) is 13.2 Å². The van der Waals surface area contributed by atoms with Gasteiger partial charge in [-0.05, 0) is 163 Å². The number of carbonyl (C=O) groups excluding carboxylic acids is 1. The molecule has 1 heterocycles. The van der Waals surface area contributed by atoms with Crippen LogP contribution in [0.15, 0.2) is 24.3 Å². The van der Waals surface area contributed by atoms with Gasteiger partial charge in [-0.3, -0.25) is 0 Å². The first-order chi connectivity index (χ1) is 24.5. The van der Waals surface area contributed by atoms with E-state index in [2.05, 4.69) is 71.2 Å². The van der Waals surface area contributed by atoms with Crippen LogP contribution in [-0.4, -0.2) is 57.7 Å². The highest BCUT2D eigenvalue weighted by molar-refractivity contribution is 7.92. The Balaban J connectivity index is 0.994. The molecule has 0 spiro atoms. The first-order valence-corrected chi connectivity index (χ1v) is 23.1. The highest BCUT2D eigenvalue weighted by atomic mass is 32.2. The Kier molecular flexibility index (Phi) is 9.22. The van der Waals surface area contributed by atoms with E-state index in [-0.39, 0.29) is 22.2 Å². The minimum absolute atomic E-state index is 0.149. The maximum Gasteiger partial charge on any atom is 0.337 e. The van der Waals surface area contributed by atoms with Gasteiger partial charge in [-0.1, -0.05) is 60.6 Å². The van der Waals surface area contributed by atoms with Gasteiger partial charge in [-0.2, -0.15) is 0 Å². The number of sulfone groups is 1. The van der Waals surface area contributed by atoms with Gasteiger partial charge in [0, 0.05) is 25.2 Å². The summed E-state index contributed by atoms with van der Waals surface area (Å²) in [7, 11) is -1.44. The zero-order valence-electron chi connectivity index (χ0n) is 33.7. The Morgan fingerprint density at radius 1 is 0.865 bits per heavy atom. The fraction of sp³-hybridized carbons (Fsp3) is 0.844. The molecular weight excluding hydrogens is 665 g/mol.